The van der Waals surface area contributed by atoms with Crippen LogP contribution in [0.3, 0.4) is 0 Å². The van der Waals surface area contributed by atoms with Crippen molar-refractivity contribution in [3.8, 4) is 11.5 Å². The lowest BCUT2D eigenvalue weighted by Crippen LogP contribution is -2.32. The first-order valence-electron chi connectivity index (χ1n) is 8.05. The first-order chi connectivity index (χ1) is 12.6. The number of ether oxygens (including phenoxy) is 2. The van der Waals surface area contributed by atoms with E-state index in [1.54, 1.807) is 30.3 Å². The summed E-state index contributed by atoms with van der Waals surface area (Å²) in [6.45, 7) is 2.28. The van der Waals surface area contributed by atoms with Crippen LogP contribution in [-0.2, 0) is 16.2 Å². The van der Waals surface area contributed by atoms with Crippen molar-refractivity contribution in [2.75, 3.05) is 20.8 Å². The van der Waals surface area contributed by atoms with Crippen molar-refractivity contribution in [3.05, 3.63) is 59.4 Å². The summed E-state index contributed by atoms with van der Waals surface area (Å²) in [6.07, 6.45) is 0. The number of hydrogen-bond donors (Lipinski definition) is 1. The molecule has 0 spiro atoms. The van der Waals surface area contributed by atoms with Crippen molar-refractivity contribution in [1.29, 1.82) is 0 Å². The molecular formula is C19H21FN2O4. The van der Waals surface area contributed by atoms with Gasteiger partial charge in [0.1, 0.15) is 13.7 Å². The topological polar surface area (TPSA) is 69.2 Å². The van der Waals surface area contributed by atoms with Gasteiger partial charge >= 0.3 is 0 Å². The third kappa shape index (κ3) is 4.50. The Hall–Kier alpha value is -3.09. The van der Waals surface area contributed by atoms with Gasteiger partial charge < -0.3 is 19.6 Å². The minimum atomic E-state index is -0.531. The van der Waals surface area contributed by atoms with Gasteiger partial charge in [0.15, 0.2) is 23.0 Å². The van der Waals surface area contributed by atoms with E-state index in [4.69, 9.17) is 14.3 Å². The molecule has 7 heteroatoms. The van der Waals surface area contributed by atoms with E-state index in [-0.39, 0.29) is 29.7 Å². The van der Waals surface area contributed by atoms with Gasteiger partial charge in [-0.2, -0.15) is 0 Å². The fraction of sp³-hybridized carbons (Fsp3) is 0.263. The highest BCUT2D eigenvalue weighted by Gasteiger charge is 2.19. The number of para-hydroxylation sites is 1. The summed E-state index contributed by atoms with van der Waals surface area (Å²) < 4.78 is 24.8. The minimum absolute atomic E-state index is 0.00745. The quantitative estimate of drug-likeness (QED) is 0.581. The monoisotopic (exact) mass is 360 g/mol. The third-order valence-electron chi connectivity index (χ3n) is 3.53. The molecule has 0 heterocycles. The fourth-order valence-corrected chi connectivity index (χ4v) is 2.37. The average molecular weight is 360 g/mol. The first kappa shape index (κ1) is 19.2. The Morgan fingerprint density at radius 1 is 1.15 bits per heavy atom. The summed E-state index contributed by atoms with van der Waals surface area (Å²) in [7, 11) is 2.80. The summed E-state index contributed by atoms with van der Waals surface area (Å²) in [6, 6.07) is 11.5. The highest BCUT2D eigenvalue weighted by Crippen LogP contribution is 2.30. The smallest absolute Gasteiger partial charge is 0.273 e. The lowest BCUT2D eigenvalue weighted by molar-refractivity contribution is -0.114. The number of halogens is 1. The van der Waals surface area contributed by atoms with Gasteiger partial charge in [0.2, 0.25) is 0 Å². The molecule has 1 N–H and O–H groups in total. The van der Waals surface area contributed by atoms with Crippen molar-refractivity contribution < 1.29 is 23.5 Å². The Morgan fingerprint density at radius 3 is 2.62 bits per heavy atom. The number of likely N-dealkylation sites (N-methyl/N-ethyl adjacent to an activating group) is 1. The van der Waals surface area contributed by atoms with Crippen LogP contribution in [0.25, 0.3) is 0 Å². The van der Waals surface area contributed by atoms with E-state index in [0.717, 1.165) is 0 Å². The Labute approximate surface area is 151 Å². The maximum absolute atomic E-state index is 14.0. The number of amides is 1. The van der Waals surface area contributed by atoms with Gasteiger partial charge in [0.25, 0.3) is 5.91 Å². The molecule has 1 amide bonds. The van der Waals surface area contributed by atoms with Gasteiger partial charge in [-0.1, -0.05) is 35.5 Å². The second kappa shape index (κ2) is 9.41. The standard InChI is InChI=1S/C19H21FN2O4/c1-4-21-19(23)17(22-25-3)14-9-6-5-8-13(14)12-26-18-15(20)10-7-11-16(18)24-2/h5-11H,4,12H2,1-3H3,(H,21,23). The zero-order valence-electron chi connectivity index (χ0n) is 14.9. The number of benzene rings is 2. The minimum Gasteiger partial charge on any atom is -0.493 e. The van der Waals surface area contributed by atoms with E-state index in [9.17, 15) is 9.18 Å². The second-order valence-corrected chi connectivity index (χ2v) is 5.20. The molecule has 0 unspecified atom stereocenters. The molecule has 138 valence electrons. The number of carbonyl (C=O) groups is 1. The third-order valence-corrected chi connectivity index (χ3v) is 3.53. The van der Waals surface area contributed by atoms with E-state index in [2.05, 4.69) is 10.5 Å². The summed E-state index contributed by atoms with van der Waals surface area (Å²) in [5, 5.41) is 6.52. The highest BCUT2D eigenvalue weighted by atomic mass is 19.1. The molecule has 0 bridgehead atoms. The molecule has 6 nitrogen and oxygen atoms in total. The van der Waals surface area contributed by atoms with Crippen molar-refractivity contribution in [2.45, 2.75) is 13.5 Å². The van der Waals surface area contributed by atoms with Crippen molar-refractivity contribution in [3.63, 3.8) is 0 Å². The highest BCUT2D eigenvalue weighted by molar-refractivity contribution is 6.45. The van der Waals surface area contributed by atoms with E-state index in [1.165, 1.54) is 26.4 Å². The van der Waals surface area contributed by atoms with Gasteiger partial charge in [0.05, 0.1) is 7.11 Å². The molecule has 0 atom stereocenters. The molecule has 0 aliphatic heterocycles. The molecular weight excluding hydrogens is 339 g/mol. The van der Waals surface area contributed by atoms with Gasteiger partial charge in [0, 0.05) is 12.1 Å². The molecule has 2 rings (SSSR count). The van der Waals surface area contributed by atoms with E-state index in [1.807, 2.05) is 6.92 Å². The zero-order chi connectivity index (χ0) is 18.9. The van der Waals surface area contributed by atoms with E-state index < -0.39 is 5.82 Å². The van der Waals surface area contributed by atoms with Crippen LogP contribution in [0.5, 0.6) is 11.5 Å². The van der Waals surface area contributed by atoms with Gasteiger partial charge in [-0.05, 0) is 24.6 Å². The van der Waals surface area contributed by atoms with Crippen molar-refractivity contribution >= 4 is 11.6 Å². The Kier molecular flexibility index (Phi) is 6.96. The largest absolute Gasteiger partial charge is 0.493 e. The Balaban J connectivity index is 2.32. The lowest BCUT2D eigenvalue weighted by Gasteiger charge is -2.14. The van der Waals surface area contributed by atoms with Gasteiger partial charge in [-0.15, -0.1) is 0 Å². The van der Waals surface area contributed by atoms with Gasteiger partial charge in [-0.3, -0.25) is 4.79 Å². The van der Waals surface area contributed by atoms with Crippen molar-refractivity contribution in [1.82, 2.24) is 5.32 Å². The number of nitrogens with one attached hydrogen (secondary N) is 1. The van der Waals surface area contributed by atoms with Gasteiger partial charge in [-0.25, -0.2) is 4.39 Å². The van der Waals surface area contributed by atoms with Crippen LogP contribution in [0.4, 0.5) is 4.39 Å². The maximum atomic E-state index is 14.0. The zero-order valence-corrected chi connectivity index (χ0v) is 14.9. The van der Waals surface area contributed by atoms with E-state index in [0.29, 0.717) is 17.7 Å². The molecule has 0 radical (unpaired) electrons. The molecule has 0 saturated carbocycles. The average Bonchev–Trinajstić information content (AvgIpc) is 2.65. The molecule has 2 aromatic rings. The second-order valence-electron chi connectivity index (χ2n) is 5.20. The van der Waals surface area contributed by atoms with Crippen LogP contribution >= 0.6 is 0 Å². The number of carbonyl (C=O) groups excluding carboxylic acids is 1. The Bertz CT molecular complexity index is 793. The van der Waals surface area contributed by atoms with Crippen molar-refractivity contribution in [2.24, 2.45) is 5.16 Å². The number of nitrogens with zero attached hydrogens (tertiary/aromatic N) is 1. The van der Waals surface area contributed by atoms with E-state index >= 15 is 0 Å². The first-order valence-corrected chi connectivity index (χ1v) is 8.05. The molecule has 2 aromatic carbocycles. The molecule has 0 saturated heterocycles. The van der Waals surface area contributed by atoms with Crippen LogP contribution in [-0.4, -0.2) is 32.4 Å². The van der Waals surface area contributed by atoms with Crippen LogP contribution in [0.2, 0.25) is 0 Å². The summed E-state index contributed by atoms with van der Waals surface area (Å²) in [5.74, 6) is -0.605. The number of rotatable bonds is 8. The SMILES string of the molecule is CCNC(=O)C(=NOC)c1ccccc1COc1c(F)cccc1OC. The van der Waals surface area contributed by atoms with Crippen LogP contribution in [0.1, 0.15) is 18.1 Å². The predicted octanol–water partition coefficient (Wildman–Crippen LogP) is 2.90. The number of methoxy groups -OCH3 is 1. The molecule has 0 fully saturated rings. The van der Waals surface area contributed by atoms with Crippen LogP contribution in [0, 0.1) is 5.82 Å². The maximum Gasteiger partial charge on any atom is 0.273 e. The van der Waals surface area contributed by atoms with Crippen LogP contribution < -0.4 is 14.8 Å². The number of oxime groups is 1. The Morgan fingerprint density at radius 2 is 1.92 bits per heavy atom. The predicted molar refractivity (Wildman–Crippen MR) is 96.0 cm³/mol. The molecule has 26 heavy (non-hydrogen) atoms. The normalized spacial score (nSPS) is 11.0. The molecule has 0 aliphatic carbocycles. The molecule has 0 aliphatic rings. The summed E-state index contributed by atoms with van der Waals surface area (Å²) >= 11 is 0. The molecule has 0 aromatic heterocycles. The van der Waals surface area contributed by atoms with Crippen LogP contribution in [0.15, 0.2) is 47.6 Å². The summed E-state index contributed by atoms with van der Waals surface area (Å²) in [4.78, 5) is 17.1. The lowest BCUT2D eigenvalue weighted by atomic mass is 10.0. The fourth-order valence-electron chi connectivity index (χ4n) is 2.37. The summed E-state index contributed by atoms with van der Waals surface area (Å²) in [5.41, 5.74) is 1.31. The number of hydrogen-bond acceptors (Lipinski definition) is 5.